The molecule has 0 N–H and O–H groups in total. The molecule has 1 aromatic heterocycles. The molecule has 0 bridgehead atoms. The topological polar surface area (TPSA) is 45.9 Å². The van der Waals surface area contributed by atoms with E-state index in [2.05, 4.69) is 32.9 Å². The molecule has 0 fully saturated rings. The highest BCUT2D eigenvalue weighted by Crippen LogP contribution is 2.35. The third kappa shape index (κ3) is 4.43. The van der Waals surface area contributed by atoms with Crippen LogP contribution >= 0.6 is 39.0 Å². The van der Waals surface area contributed by atoms with E-state index in [1.807, 2.05) is 42.5 Å². The smallest absolute Gasteiger partial charge is 0.156 e. The summed E-state index contributed by atoms with van der Waals surface area (Å²) in [5, 5.41) is 9.51. The molecule has 0 saturated carbocycles. The number of thioether (sulfide) groups is 1. The Morgan fingerprint density at radius 2 is 2.20 bits per heavy atom. The molecule has 3 rings (SSSR count). The van der Waals surface area contributed by atoms with Gasteiger partial charge in [-0.25, -0.2) is 4.98 Å². The third-order valence-corrected chi connectivity index (χ3v) is 5.67. The second-order valence-corrected chi connectivity index (χ2v) is 8.08. The third-order valence-electron chi connectivity index (χ3n) is 3.15. The molecule has 0 saturated heterocycles. The van der Waals surface area contributed by atoms with Gasteiger partial charge in [0.2, 0.25) is 0 Å². The van der Waals surface area contributed by atoms with Crippen molar-refractivity contribution in [2.75, 3.05) is 6.61 Å². The molecule has 3 aromatic rings. The maximum absolute atomic E-state index is 9.51. The number of nitriles is 1. The summed E-state index contributed by atoms with van der Waals surface area (Å²) < 4.78 is 8.38. The van der Waals surface area contributed by atoms with Crippen LogP contribution < -0.4 is 4.74 Å². The van der Waals surface area contributed by atoms with Crippen LogP contribution in [0.1, 0.15) is 5.56 Å². The van der Waals surface area contributed by atoms with Crippen molar-refractivity contribution in [2.24, 2.45) is 0 Å². The molecule has 0 spiro atoms. The zero-order valence-corrected chi connectivity index (χ0v) is 16.1. The van der Waals surface area contributed by atoms with Gasteiger partial charge >= 0.3 is 0 Å². The Kier molecular flexibility index (Phi) is 5.78. The number of benzene rings is 2. The van der Waals surface area contributed by atoms with Gasteiger partial charge in [0, 0.05) is 10.0 Å². The van der Waals surface area contributed by atoms with Crippen LogP contribution in [0, 0.1) is 23.7 Å². The highest BCUT2D eigenvalue weighted by molar-refractivity contribution is 9.10. The number of thiazole rings is 1. The maximum atomic E-state index is 9.51. The van der Waals surface area contributed by atoms with Gasteiger partial charge in [0.05, 0.1) is 15.1 Å². The largest absolute Gasteiger partial charge is 0.480 e. The highest BCUT2D eigenvalue weighted by atomic mass is 79.9. The quantitative estimate of drug-likeness (QED) is 0.297. The summed E-state index contributed by atoms with van der Waals surface area (Å²) in [7, 11) is 0. The molecule has 25 heavy (non-hydrogen) atoms. The number of nitrogens with zero attached hydrogens (tertiary/aromatic N) is 2. The number of rotatable bonds is 5. The minimum atomic E-state index is 0.176. The first-order valence-corrected chi connectivity index (χ1v) is 9.63. The van der Waals surface area contributed by atoms with E-state index >= 15 is 0 Å². The summed E-state index contributed by atoms with van der Waals surface area (Å²) in [6.45, 7) is 0.176. The first-order chi connectivity index (χ1) is 12.2. The van der Waals surface area contributed by atoms with E-state index in [9.17, 15) is 5.26 Å². The molecule has 6 heteroatoms. The normalized spacial score (nSPS) is 11.1. The zero-order valence-electron chi connectivity index (χ0n) is 12.9. The molecule has 0 amide bonds. The first kappa shape index (κ1) is 17.6. The van der Waals surface area contributed by atoms with E-state index in [0.29, 0.717) is 10.7 Å². The fourth-order valence-electron chi connectivity index (χ4n) is 2.10. The lowest BCUT2D eigenvalue weighted by Gasteiger charge is -2.07. The molecule has 3 nitrogen and oxygen atoms in total. The van der Waals surface area contributed by atoms with Crippen molar-refractivity contribution in [3.63, 3.8) is 0 Å². The average molecular weight is 427 g/mol. The van der Waals surface area contributed by atoms with Crippen LogP contribution in [0.4, 0.5) is 0 Å². The number of aromatic nitrogens is 1. The van der Waals surface area contributed by atoms with Gasteiger partial charge in [-0.15, -0.1) is 17.8 Å². The van der Waals surface area contributed by atoms with E-state index in [1.54, 1.807) is 17.4 Å². The van der Waals surface area contributed by atoms with Gasteiger partial charge < -0.3 is 4.74 Å². The fourth-order valence-corrected chi connectivity index (χ4v) is 4.44. The fraction of sp³-hybridized carbons (Fsp3) is 0.0526. The summed E-state index contributed by atoms with van der Waals surface area (Å²) in [5.74, 6) is 3.08. The number of ether oxygens (including phenoxy) is 1. The second kappa shape index (κ2) is 8.22. The summed E-state index contributed by atoms with van der Waals surface area (Å²) in [4.78, 5) is 5.08. The molecule has 0 aliphatic carbocycles. The van der Waals surface area contributed by atoms with Gasteiger partial charge in [-0.2, -0.15) is 5.26 Å². The Balaban J connectivity index is 1.91. The zero-order chi connectivity index (χ0) is 17.6. The van der Waals surface area contributed by atoms with Crippen LogP contribution in [0.2, 0.25) is 0 Å². The number of hydrogen-bond acceptors (Lipinski definition) is 5. The van der Waals surface area contributed by atoms with Crippen molar-refractivity contribution in [1.82, 2.24) is 4.98 Å². The predicted octanol–water partition coefficient (Wildman–Crippen LogP) is 5.73. The van der Waals surface area contributed by atoms with Gasteiger partial charge in [-0.3, -0.25) is 0 Å². The minimum Gasteiger partial charge on any atom is -0.480 e. The van der Waals surface area contributed by atoms with Crippen LogP contribution in [-0.2, 0) is 0 Å². The molecule has 0 atom stereocenters. The van der Waals surface area contributed by atoms with Crippen LogP contribution in [0.5, 0.6) is 5.75 Å². The average Bonchev–Trinajstić information content (AvgIpc) is 3.02. The summed E-state index contributed by atoms with van der Waals surface area (Å²) >= 11 is 6.35. The molecule has 0 unspecified atom stereocenters. The Labute approximate surface area is 162 Å². The van der Waals surface area contributed by atoms with Crippen molar-refractivity contribution in [1.29, 1.82) is 5.26 Å². The maximum Gasteiger partial charge on any atom is 0.156 e. The van der Waals surface area contributed by atoms with E-state index in [-0.39, 0.29) is 6.61 Å². The highest BCUT2D eigenvalue weighted by Gasteiger charge is 2.09. The van der Waals surface area contributed by atoms with Crippen molar-refractivity contribution in [3.05, 3.63) is 57.4 Å². The number of terminal acetylenes is 1. The van der Waals surface area contributed by atoms with Gasteiger partial charge in [0.15, 0.2) is 4.34 Å². The molecule has 122 valence electrons. The Morgan fingerprint density at radius 3 is 2.96 bits per heavy atom. The van der Waals surface area contributed by atoms with Crippen LogP contribution in [-0.4, -0.2) is 11.6 Å². The predicted molar refractivity (Wildman–Crippen MR) is 108 cm³/mol. The number of halogens is 1. The molecule has 0 aliphatic rings. The first-order valence-electron chi connectivity index (χ1n) is 7.20. The lowest BCUT2D eigenvalue weighted by Crippen LogP contribution is -1.95. The van der Waals surface area contributed by atoms with E-state index in [4.69, 9.17) is 11.2 Å². The standard InChI is InChI=1S/C19H11BrN2OS2/c1-2-9-23-17-8-7-14(20)10-13(17)11-15(12-21)24-19-22-16-5-3-4-6-18(16)25-19/h1,3-8,10-11H,9H2/b15-11+. The summed E-state index contributed by atoms with van der Waals surface area (Å²) in [6.07, 6.45) is 7.04. The molecular weight excluding hydrogens is 416 g/mol. The van der Waals surface area contributed by atoms with E-state index in [0.717, 1.165) is 24.6 Å². The van der Waals surface area contributed by atoms with Gasteiger partial charge in [-0.05, 0) is 48.2 Å². The number of fused-ring (bicyclic) bond motifs is 1. The van der Waals surface area contributed by atoms with Crippen molar-refractivity contribution in [3.8, 4) is 24.2 Å². The number of hydrogen-bond donors (Lipinski definition) is 0. The second-order valence-electron chi connectivity index (χ2n) is 4.84. The molecular formula is C19H11BrN2OS2. The van der Waals surface area contributed by atoms with E-state index < -0.39 is 0 Å². The van der Waals surface area contributed by atoms with Crippen LogP contribution in [0.25, 0.3) is 16.3 Å². The monoisotopic (exact) mass is 426 g/mol. The molecule has 1 heterocycles. The number of allylic oxidation sites excluding steroid dienone is 1. The Morgan fingerprint density at radius 1 is 1.36 bits per heavy atom. The molecule has 2 aromatic carbocycles. The van der Waals surface area contributed by atoms with Gasteiger partial charge in [0.25, 0.3) is 0 Å². The van der Waals surface area contributed by atoms with Crippen molar-refractivity contribution in [2.45, 2.75) is 4.34 Å². The minimum absolute atomic E-state index is 0.176. The van der Waals surface area contributed by atoms with Gasteiger partial charge in [-0.1, -0.05) is 34.0 Å². The Bertz CT molecular complexity index is 995. The summed E-state index contributed by atoms with van der Waals surface area (Å²) in [5.41, 5.74) is 1.72. The summed E-state index contributed by atoms with van der Waals surface area (Å²) in [6, 6.07) is 15.7. The van der Waals surface area contributed by atoms with Crippen LogP contribution in [0.15, 0.2) is 56.2 Å². The van der Waals surface area contributed by atoms with E-state index in [1.165, 1.54) is 11.8 Å². The van der Waals surface area contributed by atoms with Crippen LogP contribution in [0.3, 0.4) is 0 Å². The SMILES string of the molecule is C#CCOc1ccc(Br)cc1/C=C(\C#N)Sc1nc2ccccc2s1. The molecule has 0 aliphatic heterocycles. The lowest BCUT2D eigenvalue weighted by atomic mass is 10.2. The Hall–Kier alpha value is -2.25. The van der Waals surface area contributed by atoms with Crippen molar-refractivity contribution < 1.29 is 4.74 Å². The lowest BCUT2D eigenvalue weighted by molar-refractivity contribution is 0.369. The molecule has 0 radical (unpaired) electrons. The van der Waals surface area contributed by atoms with Crippen molar-refractivity contribution >= 4 is 55.3 Å². The number of para-hydroxylation sites is 1. The van der Waals surface area contributed by atoms with Gasteiger partial charge in [0.1, 0.15) is 18.4 Å².